The SMILES string of the molecule is CC(C)[C@H]1C(=O)N(S(C)(=O)=O)C2=CCN(C(=O)c3cc(CN4CCCCC4)on3)[C@@H]21.Cl. The lowest BCUT2D eigenvalue weighted by Crippen LogP contribution is -2.43. The van der Waals surface area contributed by atoms with Crippen molar-refractivity contribution in [3.05, 3.63) is 29.3 Å². The predicted octanol–water partition coefficient (Wildman–Crippen LogP) is 1.86. The number of piperidine rings is 1. The van der Waals surface area contributed by atoms with Gasteiger partial charge in [-0.2, -0.15) is 0 Å². The fourth-order valence-electron chi connectivity index (χ4n) is 4.75. The van der Waals surface area contributed by atoms with Gasteiger partial charge in [0.05, 0.1) is 30.5 Å². The molecule has 11 heteroatoms. The van der Waals surface area contributed by atoms with E-state index in [-0.39, 0.29) is 36.5 Å². The first-order valence-corrected chi connectivity index (χ1v) is 12.3. The van der Waals surface area contributed by atoms with Crippen molar-refractivity contribution >= 4 is 34.2 Å². The van der Waals surface area contributed by atoms with Gasteiger partial charge in [0.25, 0.3) is 5.91 Å². The summed E-state index contributed by atoms with van der Waals surface area (Å²) in [4.78, 5) is 29.9. The van der Waals surface area contributed by atoms with E-state index in [1.807, 2.05) is 13.8 Å². The molecule has 0 radical (unpaired) electrons. The molecule has 0 spiro atoms. The molecule has 0 saturated carbocycles. The van der Waals surface area contributed by atoms with Gasteiger partial charge in [-0.25, -0.2) is 12.7 Å². The number of sulfonamides is 1. The van der Waals surface area contributed by atoms with Crippen LogP contribution in [0, 0.1) is 11.8 Å². The molecule has 2 saturated heterocycles. The van der Waals surface area contributed by atoms with Crippen molar-refractivity contribution in [2.24, 2.45) is 11.8 Å². The zero-order valence-corrected chi connectivity index (χ0v) is 19.6. The van der Waals surface area contributed by atoms with E-state index >= 15 is 0 Å². The van der Waals surface area contributed by atoms with Gasteiger partial charge in [-0.15, -0.1) is 12.4 Å². The van der Waals surface area contributed by atoms with E-state index in [0.29, 0.717) is 18.0 Å². The molecule has 1 aromatic heterocycles. The number of carbonyl (C=O) groups excluding carboxylic acids is 2. The molecule has 3 aliphatic rings. The molecule has 4 heterocycles. The van der Waals surface area contributed by atoms with E-state index in [1.54, 1.807) is 12.1 Å². The summed E-state index contributed by atoms with van der Waals surface area (Å²) in [7, 11) is -3.76. The van der Waals surface area contributed by atoms with Crippen LogP contribution in [-0.4, -0.2) is 71.4 Å². The summed E-state index contributed by atoms with van der Waals surface area (Å²) in [6, 6.07) is 1.05. The van der Waals surface area contributed by atoms with Gasteiger partial charge in [0.1, 0.15) is 0 Å². The molecular formula is C20H29ClN4O5S. The molecule has 3 aliphatic heterocycles. The molecule has 1 aromatic rings. The molecule has 2 amide bonds. The fraction of sp³-hybridized carbons (Fsp3) is 0.650. The van der Waals surface area contributed by atoms with Gasteiger partial charge >= 0.3 is 0 Å². The minimum absolute atomic E-state index is 0. The van der Waals surface area contributed by atoms with E-state index in [9.17, 15) is 18.0 Å². The first-order chi connectivity index (χ1) is 14.2. The molecule has 0 N–H and O–H groups in total. The maximum absolute atomic E-state index is 13.2. The molecule has 0 aromatic carbocycles. The van der Waals surface area contributed by atoms with Crippen LogP contribution in [0.15, 0.2) is 22.4 Å². The number of nitrogens with zero attached hydrogens (tertiary/aromatic N) is 4. The summed E-state index contributed by atoms with van der Waals surface area (Å²) in [5, 5.41) is 3.96. The van der Waals surface area contributed by atoms with Gasteiger partial charge < -0.3 is 9.42 Å². The lowest BCUT2D eigenvalue weighted by Gasteiger charge is -2.28. The molecule has 4 rings (SSSR count). The van der Waals surface area contributed by atoms with Crippen LogP contribution >= 0.6 is 12.4 Å². The van der Waals surface area contributed by atoms with Crippen LogP contribution in [0.2, 0.25) is 0 Å². The van der Waals surface area contributed by atoms with E-state index in [0.717, 1.165) is 36.5 Å². The molecule has 172 valence electrons. The quantitative estimate of drug-likeness (QED) is 0.644. The summed E-state index contributed by atoms with van der Waals surface area (Å²) in [5.74, 6) is -0.940. The second kappa shape index (κ2) is 8.91. The molecule has 0 bridgehead atoms. The summed E-state index contributed by atoms with van der Waals surface area (Å²) in [5.41, 5.74) is 0.552. The maximum Gasteiger partial charge on any atom is 0.276 e. The zero-order valence-electron chi connectivity index (χ0n) is 18.0. The predicted molar refractivity (Wildman–Crippen MR) is 116 cm³/mol. The van der Waals surface area contributed by atoms with Crippen LogP contribution in [0.4, 0.5) is 0 Å². The Kier molecular flexibility index (Phi) is 6.83. The Bertz CT molecular complexity index is 983. The average molecular weight is 473 g/mol. The normalized spacial score (nSPS) is 24.4. The van der Waals surface area contributed by atoms with E-state index in [2.05, 4.69) is 10.1 Å². The zero-order chi connectivity index (χ0) is 21.6. The second-order valence-electron chi connectivity index (χ2n) is 8.68. The number of halogens is 1. The second-order valence-corrected chi connectivity index (χ2v) is 10.5. The topological polar surface area (TPSA) is 104 Å². The third kappa shape index (κ3) is 4.38. The molecule has 9 nitrogen and oxygen atoms in total. The van der Waals surface area contributed by atoms with E-state index < -0.39 is 27.9 Å². The monoisotopic (exact) mass is 472 g/mol. The summed E-state index contributed by atoms with van der Waals surface area (Å²) >= 11 is 0. The van der Waals surface area contributed by atoms with Gasteiger partial charge in [-0.3, -0.25) is 14.5 Å². The first kappa shape index (κ1) is 23.7. The summed E-state index contributed by atoms with van der Waals surface area (Å²) in [6.45, 7) is 6.58. The highest BCUT2D eigenvalue weighted by Gasteiger charge is 2.55. The molecule has 0 unspecified atom stereocenters. The Labute approximate surface area is 188 Å². The smallest absolute Gasteiger partial charge is 0.276 e. The fourth-order valence-corrected chi connectivity index (χ4v) is 5.77. The van der Waals surface area contributed by atoms with Gasteiger partial charge in [0.15, 0.2) is 11.5 Å². The number of amides is 2. The Balaban J connectivity index is 0.00000272. The van der Waals surface area contributed by atoms with Gasteiger partial charge in [-0.05, 0) is 37.9 Å². The Morgan fingerprint density at radius 1 is 1.26 bits per heavy atom. The van der Waals surface area contributed by atoms with Crippen molar-refractivity contribution in [2.75, 3.05) is 25.9 Å². The lowest BCUT2D eigenvalue weighted by atomic mass is 9.89. The standard InChI is InChI=1S/C20H28N4O5S.ClH/c1-13(2)17-18-16(24(20(17)26)30(3,27)28)7-10-23(18)19(25)15-11-14(29-21-15)12-22-8-5-4-6-9-22;/h7,11,13,17-18H,4-6,8-10,12H2,1-3H3;1H/t17-,18+;/m1./s1. The van der Waals surface area contributed by atoms with Crippen molar-refractivity contribution in [3.63, 3.8) is 0 Å². The summed E-state index contributed by atoms with van der Waals surface area (Å²) < 4.78 is 30.7. The summed E-state index contributed by atoms with van der Waals surface area (Å²) in [6.07, 6.45) is 6.22. The minimum Gasteiger partial charge on any atom is -0.359 e. The largest absolute Gasteiger partial charge is 0.359 e. The average Bonchev–Trinajstić information content (AvgIpc) is 3.35. The van der Waals surface area contributed by atoms with Gasteiger partial charge in [0.2, 0.25) is 15.9 Å². The van der Waals surface area contributed by atoms with Crippen LogP contribution in [0.3, 0.4) is 0 Å². The molecule has 31 heavy (non-hydrogen) atoms. The maximum atomic E-state index is 13.2. The number of aromatic nitrogens is 1. The number of hydrogen-bond donors (Lipinski definition) is 0. The number of carbonyl (C=O) groups is 2. The highest BCUT2D eigenvalue weighted by Crippen LogP contribution is 2.41. The Morgan fingerprint density at radius 3 is 2.55 bits per heavy atom. The Hall–Kier alpha value is -1.91. The van der Waals surface area contributed by atoms with Crippen molar-refractivity contribution in [2.45, 2.75) is 45.7 Å². The Morgan fingerprint density at radius 2 is 1.94 bits per heavy atom. The van der Waals surface area contributed by atoms with Crippen molar-refractivity contribution < 1.29 is 22.5 Å². The van der Waals surface area contributed by atoms with E-state index in [4.69, 9.17) is 4.52 Å². The van der Waals surface area contributed by atoms with Crippen molar-refractivity contribution in [1.82, 2.24) is 19.3 Å². The van der Waals surface area contributed by atoms with E-state index in [1.165, 1.54) is 11.3 Å². The van der Waals surface area contributed by atoms with Crippen molar-refractivity contribution in [1.29, 1.82) is 0 Å². The van der Waals surface area contributed by atoms with Gasteiger partial charge in [0, 0.05) is 12.6 Å². The third-order valence-electron chi connectivity index (χ3n) is 6.11. The van der Waals surface area contributed by atoms with Crippen LogP contribution in [-0.2, 0) is 21.4 Å². The van der Waals surface area contributed by atoms with Gasteiger partial charge in [-0.1, -0.05) is 25.4 Å². The molecule has 2 atom stereocenters. The minimum atomic E-state index is -3.76. The van der Waals surface area contributed by atoms with Crippen molar-refractivity contribution in [3.8, 4) is 0 Å². The van der Waals surface area contributed by atoms with Crippen LogP contribution in [0.1, 0.15) is 49.4 Å². The lowest BCUT2D eigenvalue weighted by molar-refractivity contribution is -0.128. The third-order valence-corrected chi connectivity index (χ3v) is 7.17. The molecule has 0 aliphatic carbocycles. The van der Waals surface area contributed by atoms with Crippen LogP contribution < -0.4 is 0 Å². The number of rotatable bonds is 5. The van der Waals surface area contributed by atoms with Crippen LogP contribution in [0.5, 0.6) is 0 Å². The van der Waals surface area contributed by atoms with Crippen LogP contribution in [0.25, 0.3) is 0 Å². The highest BCUT2D eigenvalue weighted by atomic mass is 35.5. The molecular weight excluding hydrogens is 444 g/mol. The number of likely N-dealkylation sites (tertiary alicyclic amines) is 1. The molecule has 2 fully saturated rings. The number of fused-ring (bicyclic) bond motifs is 1. The first-order valence-electron chi connectivity index (χ1n) is 10.4. The highest BCUT2D eigenvalue weighted by molar-refractivity contribution is 7.89. The number of hydrogen-bond acceptors (Lipinski definition) is 7.